The van der Waals surface area contributed by atoms with Gasteiger partial charge in [0.15, 0.2) is 5.01 Å². The van der Waals surface area contributed by atoms with E-state index < -0.39 is 17.1 Å². The van der Waals surface area contributed by atoms with E-state index in [1.807, 2.05) is 0 Å². The lowest BCUT2D eigenvalue weighted by molar-refractivity contribution is -0.138. The summed E-state index contributed by atoms with van der Waals surface area (Å²) in [7, 11) is 0. The second kappa shape index (κ2) is 9.15. The van der Waals surface area contributed by atoms with Gasteiger partial charge in [-0.15, -0.1) is 11.3 Å². The van der Waals surface area contributed by atoms with E-state index in [2.05, 4.69) is 23.1 Å². The summed E-state index contributed by atoms with van der Waals surface area (Å²) in [6.45, 7) is 8.58. The Morgan fingerprint density at radius 3 is 2.48 bits per heavy atom. The normalized spacial score (nSPS) is 12.2. The van der Waals surface area contributed by atoms with E-state index in [0.717, 1.165) is 11.1 Å². The minimum absolute atomic E-state index is 0.151. The maximum atomic E-state index is 12.8. The predicted molar refractivity (Wildman–Crippen MR) is 105 cm³/mol. The molecule has 0 aliphatic carbocycles. The summed E-state index contributed by atoms with van der Waals surface area (Å²) in [5.74, 6) is -0.612. The summed E-state index contributed by atoms with van der Waals surface area (Å²) >= 11 is 6.54. The number of carbonyl (C=O) groups is 2. The van der Waals surface area contributed by atoms with Gasteiger partial charge in [-0.3, -0.25) is 19.5 Å². The number of hydrogen-bond acceptors (Lipinski definition) is 5. The molecule has 0 N–H and O–H groups in total. The van der Waals surface area contributed by atoms with Crippen LogP contribution in [-0.4, -0.2) is 27.2 Å². The van der Waals surface area contributed by atoms with Gasteiger partial charge in [0.1, 0.15) is 0 Å². The fourth-order valence-electron chi connectivity index (χ4n) is 2.28. The van der Waals surface area contributed by atoms with Crippen LogP contribution < -0.4 is 0 Å². The van der Waals surface area contributed by atoms with Crippen molar-refractivity contribution in [2.24, 2.45) is 0 Å². The first-order chi connectivity index (χ1) is 13.6. The molecular formula is C19H15ClF3N3O2S. The molecule has 0 aliphatic heterocycles. The quantitative estimate of drug-likeness (QED) is 0.342. The number of rotatable bonds is 7. The highest BCUT2D eigenvalue weighted by atomic mass is 35.5. The van der Waals surface area contributed by atoms with E-state index in [1.165, 1.54) is 24.4 Å². The molecule has 2 heterocycles. The number of aromatic nitrogens is 2. The van der Waals surface area contributed by atoms with Gasteiger partial charge in [0.2, 0.25) is 6.41 Å². The fraction of sp³-hybridized carbons (Fsp3) is 0.158. The number of amides is 2. The van der Waals surface area contributed by atoms with Crippen molar-refractivity contribution in [1.82, 2.24) is 14.9 Å². The molecule has 0 bridgehead atoms. The first-order valence-electron chi connectivity index (χ1n) is 8.02. The van der Waals surface area contributed by atoms with Crippen LogP contribution in [0.15, 0.2) is 54.9 Å². The molecule has 0 fully saturated rings. The highest BCUT2D eigenvalue weighted by Crippen LogP contribution is 2.36. The lowest BCUT2D eigenvalue weighted by Crippen LogP contribution is -2.30. The average Bonchev–Trinajstić information content (AvgIpc) is 3.18. The Balaban J connectivity index is 2.37. The standard InChI is InChI=1S/C19H15ClF3N3O2S/c1-4-11(3)13(5-2)17(28)26(10-27)9-12-6-15(24-7-14(12)20)16-8-25-18(29-16)19(21,22)23/h4-8,10H,1-2,9H2,3H3/b13-11+. The Labute approximate surface area is 173 Å². The molecule has 5 nitrogen and oxygen atoms in total. The largest absolute Gasteiger partial charge is 0.443 e. The molecule has 29 heavy (non-hydrogen) atoms. The molecule has 2 aromatic rings. The van der Waals surface area contributed by atoms with Crippen molar-refractivity contribution in [2.45, 2.75) is 19.6 Å². The van der Waals surface area contributed by atoms with E-state index in [0.29, 0.717) is 28.9 Å². The molecular weight excluding hydrogens is 427 g/mol. The first kappa shape index (κ1) is 22.5. The topological polar surface area (TPSA) is 63.2 Å². The highest BCUT2D eigenvalue weighted by Gasteiger charge is 2.34. The zero-order chi connectivity index (χ0) is 21.8. The van der Waals surface area contributed by atoms with Crippen LogP contribution in [0.2, 0.25) is 5.02 Å². The molecule has 10 heteroatoms. The molecule has 0 aromatic carbocycles. The van der Waals surface area contributed by atoms with Crippen molar-refractivity contribution in [3.63, 3.8) is 0 Å². The van der Waals surface area contributed by atoms with Crippen LogP contribution in [0.1, 0.15) is 17.5 Å². The number of allylic oxidation sites excluding steroid dienone is 2. The van der Waals surface area contributed by atoms with E-state index in [4.69, 9.17) is 11.6 Å². The van der Waals surface area contributed by atoms with Crippen LogP contribution in [0.3, 0.4) is 0 Å². The zero-order valence-electron chi connectivity index (χ0n) is 15.2. The third-order valence-corrected chi connectivity index (χ3v) is 5.23. The summed E-state index contributed by atoms with van der Waals surface area (Å²) in [6, 6.07) is 1.41. The molecule has 0 radical (unpaired) electrons. The Hall–Kier alpha value is -2.78. The minimum atomic E-state index is -4.56. The van der Waals surface area contributed by atoms with Crippen LogP contribution in [0.4, 0.5) is 13.2 Å². The van der Waals surface area contributed by atoms with E-state index in [-0.39, 0.29) is 27.7 Å². The Bertz CT molecular complexity index is 999. The van der Waals surface area contributed by atoms with Crippen molar-refractivity contribution in [1.29, 1.82) is 0 Å². The molecule has 0 saturated heterocycles. The molecule has 2 aromatic heterocycles. The number of thiazole rings is 1. The van der Waals surface area contributed by atoms with Crippen molar-refractivity contribution in [2.75, 3.05) is 0 Å². The lowest BCUT2D eigenvalue weighted by atomic mass is 10.1. The summed E-state index contributed by atoms with van der Waals surface area (Å²) < 4.78 is 38.3. The smallest absolute Gasteiger partial charge is 0.278 e. The van der Waals surface area contributed by atoms with E-state index >= 15 is 0 Å². The number of nitrogens with zero attached hydrogens (tertiary/aromatic N) is 3. The van der Waals surface area contributed by atoms with Crippen LogP contribution in [0.25, 0.3) is 10.6 Å². The van der Waals surface area contributed by atoms with Gasteiger partial charge < -0.3 is 0 Å². The third kappa shape index (κ3) is 5.18. The third-order valence-electron chi connectivity index (χ3n) is 3.83. The molecule has 2 rings (SSSR count). The number of alkyl halides is 3. The fourth-order valence-corrected chi connectivity index (χ4v) is 3.20. The number of carbonyl (C=O) groups excluding carboxylic acids is 2. The van der Waals surface area contributed by atoms with Gasteiger partial charge in [0.25, 0.3) is 5.91 Å². The Morgan fingerprint density at radius 2 is 1.97 bits per heavy atom. The van der Waals surface area contributed by atoms with Crippen molar-refractivity contribution >= 4 is 35.3 Å². The van der Waals surface area contributed by atoms with Gasteiger partial charge in [0, 0.05) is 18.0 Å². The first-order valence-corrected chi connectivity index (χ1v) is 9.21. The number of imide groups is 1. The molecule has 0 saturated carbocycles. The van der Waals surface area contributed by atoms with Gasteiger partial charge in [-0.25, -0.2) is 4.98 Å². The Morgan fingerprint density at radius 1 is 1.28 bits per heavy atom. The lowest BCUT2D eigenvalue weighted by Gasteiger charge is -2.18. The van der Waals surface area contributed by atoms with Crippen molar-refractivity contribution in [3.8, 4) is 10.6 Å². The SMILES string of the molecule is C=C/C(C)=C(\C=C)C(=O)N(C=O)Cc1cc(-c2cnc(C(F)(F)F)s2)ncc1Cl. The Kier molecular flexibility index (Phi) is 7.10. The van der Waals surface area contributed by atoms with Gasteiger partial charge in [-0.2, -0.15) is 13.2 Å². The number of hydrogen-bond donors (Lipinski definition) is 0. The van der Waals surface area contributed by atoms with E-state index in [9.17, 15) is 22.8 Å². The molecule has 0 atom stereocenters. The van der Waals surface area contributed by atoms with E-state index in [1.54, 1.807) is 6.92 Å². The second-order valence-corrected chi connectivity index (χ2v) is 7.17. The molecule has 2 amide bonds. The minimum Gasteiger partial charge on any atom is -0.278 e. The average molecular weight is 442 g/mol. The maximum absolute atomic E-state index is 12.8. The monoisotopic (exact) mass is 441 g/mol. The zero-order valence-corrected chi connectivity index (χ0v) is 16.7. The summed E-state index contributed by atoms with van der Waals surface area (Å²) in [5.41, 5.74) is 1.24. The molecule has 0 spiro atoms. The van der Waals surface area contributed by atoms with Gasteiger partial charge in [-0.05, 0) is 24.1 Å². The van der Waals surface area contributed by atoms with Gasteiger partial charge in [-0.1, -0.05) is 36.9 Å². The van der Waals surface area contributed by atoms with Crippen molar-refractivity contribution in [3.05, 3.63) is 70.5 Å². The van der Waals surface area contributed by atoms with Crippen LogP contribution in [0.5, 0.6) is 0 Å². The molecule has 152 valence electrons. The molecule has 0 aliphatic rings. The summed E-state index contributed by atoms with van der Waals surface area (Å²) in [6.07, 6.45) is 0.847. The number of halogens is 4. The predicted octanol–water partition coefficient (Wildman–Crippen LogP) is 5.05. The highest BCUT2D eigenvalue weighted by molar-refractivity contribution is 7.15. The summed E-state index contributed by atoms with van der Waals surface area (Å²) in [4.78, 5) is 32.5. The van der Waals surface area contributed by atoms with Gasteiger partial charge in [0.05, 0.1) is 22.1 Å². The second-order valence-electron chi connectivity index (χ2n) is 5.73. The molecule has 0 unspecified atom stereocenters. The maximum Gasteiger partial charge on any atom is 0.443 e. The van der Waals surface area contributed by atoms with Crippen LogP contribution in [-0.2, 0) is 22.3 Å². The van der Waals surface area contributed by atoms with Crippen LogP contribution >= 0.6 is 22.9 Å². The van der Waals surface area contributed by atoms with Crippen molar-refractivity contribution < 1.29 is 22.8 Å². The van der Waals surface area contributed by atoms with Gasteiger partial charge >= 0.3 is 6.18 Å². The van der Waals surface area contributed by atoms with Crippen LogP contribution in [0, 0.1) is 0 Å². The number of pyridine rings is 1. The summed E-state index contributed by atoms with van der Waals surface area (Å²) in [5, 5.41) is -0.852.